The number of thioether (sulfide) groups is 1. The predicted octanol–water partition coefficient (Wildman–Crippen LogP) is 4.38. The molecule has 2 aliphatic heterocycles. The zero-order valence-corrected chi connectivity index (χ0v) is 22.1. The molecule has 2 aromatic carbocycles. The Bertz CT molecular complexity index is 1180. The molecule has 1 fully saturated rings. The van der Waals surface area contributed by atoms with Crippen molar-refractivity contribution in [2.75, 3.05) is 36.0 Å². The number of benzene rings is 2. The van der Waals surface area contributed by atoms with E-state index in [2.05, 4.69) is 6.92 Å². The van der Waals surface area contributed by atoms with Crippen molar-refractivity contribution in [2.24, 2.45) is 5.92 Å². The van der Waals surface area contributed by atoms with Crippen molar-refractivity contribution in [3.63, 3.8) is 0 Å². The first-order valence-corrected chi connectivity index (χ1v) is 14.5. The quantitative estimate of drug-likeness (QED) is 0.571. The van der Waals surface area contributed by atoms with E-state index in [1.165, 1.54) is 21.0 Å². The van der Waals surface area contributed by atoms with Crippen molar-refractivity contribution in [1.82, 2.24) is 4.31 Å². The van der Waals surface area contributed by atoms with Crippen LogP contribution in [-0.2, 0) is 19.6 Å². The van der Waals surface area contributed by atoms with E-state index in [1.54, 1.807) is 23.1 Å². The summed E-state index contributed by atoms with van der Waals surface area (Å²) in [5, 5.41) is 0.0174. The molecule has 9 heteroatoms. The third kappa shape index (κ3) is 5.57. The van der Waals surface area contributed by atoms with E-state index in [-0.39, 0.29) is 34.9 Å². The van der Waals surface area contributed by atoms with Gasteiger partial charge in [0.1, 0.15) is 6.54 Å². The van der Waals surface area contributed by atoms with Crippen LogP contribution in [0.5, 0.6) is 0 Å². The van der Waals surface area contributed by atoms with Crippen LogP contribution in [0, 0.1) is 5.92 Å². The number of para-hydroxylation sites is 1. The summed E-state index contributed by atoms with van der Waals surface area (Å²) >= 11 is 1.54. The summed E-state index contributed by atoms with van der Waals surface area (Å²) in [5.74, 6) is 0.120. The van der Waals surface area contributed by atoms with Crippen LogP contribution in [0.3, 0.4) is 0 Å². The highest BCUT2D eigenvalue weighted by atomic mass is 32.2. The van der Waals surface area contributed by atoms with Crippen molar-refractivity contribution in [3.05, 3.63) is 48.5 Å². The van der Waals surface area contributed by atoms with E-state index in [4.69, 9.17) is 0 Å². The number of hydrogen-bond donors (Lipinski definition) is 0. The van der Waals surface area contributed by atoms with E-state index >= 15 is 0 Å². The van der Waals surface area contributed by atoms with E-state index in [9.17, 15) is 18.0 Å². The SMILES string of the molecule is CCN(C(=O)CN1C(=O)C[C@H](C)Sc2ccc(S(=O)(=O)N3CCC(C)CC3)cc21)c1ccccc1. The Morgan fingerprint density at radius 3 is 2.43 bits per heavy atom. The largest absolute Gasteiger partial charge is 0.311 e. The fourth-order valence-electron chi connectivity index (χ4n) is 4.60. The summed E-state index contributed by atoms with van der Waals surface area (Å²) in [7, 11) is -3.69. The van der Waals surface area contributed by atoms with Crippen molar-refractivity contribution in [3.8, 4) is 0 Å². The molecule has 4 rings (SSSR count). The minimum absolute atomic E-state index is 0.0174. The number of carbonyl (C=O) groups is 2. The lowest BCUT2D eigenvalue weighted by Crippen LogP contribution is -2.43. The van der Waals surface area contributed by atoms with Crippen LogP contribution in [0.4, 0.5) is 11.4 Å². The van der Waals surface area contributed by atoms with Crippen LogP contribution in [0.25, 0.3) is 0 Å². The van der Waals surface area contributed by atoms with E-state index in [1.807, 2.05) is 44.2 Å². The molecule has 1 saturated heterocycles. The standard InChI is InChI=1S/C26H33N3O4S2/c1-4-28(21-8-6-5-7-9-21)26(31)18-29-23-17-22(10-11-24(23)34-20(3)16-25(29)30)35(32,33)27-14-12-19(2)13-15-27/h5-11,17,19-20H,4,12-16,18H2,1-3H3/t20-/m0/s1. The zero-order valence-electron chi connectivity index (χ0n) is 20.5. The number of carbonyl (C=O) groups excluding carboxylic acids is 2. The van der Waals surface area contributed by atoms with Crippen LogP contribution in [0.2, 0.25) is 0 Å². The summed E-state index contributed by atoms with van der Waals surface area (Å²) in [6, 6.07) is 14.3. The highest BCUT2D eigenvalue weighted by Crippen LogP contribution is 2.40. The maximum Gasteiger partial charge on any atom is 0.247 e. The van der Waals surface area contributed by atoms with E-state index < -0.39 is 10.0 Å². The molecule has 2 heterocycles. The fraction of sp³-hybridized carbons (Fsp3) is 0.462. The molecule has 0 spiro atoms. The highest BCUT2D eigenvalue weighted by Gasteiger charge is 2.33. The van der Waals surface area contributed by atoms with Gasteiger partial charge in [-0.15, -0.1) is 11.8 Å². The Balaban J connectivity index is 1.68. The van der Waals surface area contributed by atoms with Crippen molar-refractivity contribution in [2.45, 2.75) is 55.1 Å². The molecule has 0 N–H and O–H groups in total. The Kier molecular flexibility index (Phi) is 7.88. The van der Waals surface area contributed by atoms with Crippen LogP contribution in [-0.4, -0.2) is 56.0 Å². The normalized spacial score (nSPS) is 19.8. The molecule has 2 amide bonds. The van der Waals surface area contributed by atoms with Crippen LogP contribution < -0.4 is 9.80 Å². The molecule has 0 unspecified atom stereocenters. The van der Waals surface area contributed by atoms with Crippen LogP contribution >= 0.6 is 11.8 Å². The number of sulfonamides is 1. The lowest BCUT2D eigenvalue weighted by molar-refractivity contribution is -0.122. The average molecular weight is 516 g/mol. The molecule has 0 saturated carbocycles. The van der Waals surface area contributed by atoms with Gasteiger partial charge in [0.2, 0.25) is 21.8 Å². The first-order chi connectivity index (χ1) is 16.7. The minimum atomic E-state index is -3.69. The number of piperidine rings is 1. The highest BCUT2D eigenvalue weighted by molar-refractivity contribution is 8.00. The lowest BCUT2D eigenvalue weighted by Gasteiger charge is -2.30. The minimum Gasteiger partial charge on any atom is -0.311 e. The van der Waals surface area contributed by atoms with Crippen molar-refractivity contribution < 1.29 is 18.0 Å². The summed E-state index contributed by atoms with van der Waals surface area (Å²) in [6.45, 7) is 7.31. The fourth-order valence-corrected chi connectivity index (χ4v) is 7.18. The number of hydrogen-bond acceptors (Lipinski definition) is 5. The Morgan fingerprint density at radius 2 is 1.77 bits per heavy atom. The second-order valence-corrected chi connectivity index (χ2v) is 12.7. The van der Waals surface area contributed by atoms with Gasteiger partial charge in [-0.25, -0.2) is 8.42 Å². The molecular weight excluding hydrogens is 482 g/mol. The molecule has 35 heavy (non-hydrogen) atoms. The number of likely N-dealkylation sites (N-methyl/N-ethyl adjacent to an activating group) is 1. The third-order valence-corrected chi connectivity index (χ3v) is 9.73. The van der Waals surface area contributed by atoms with Crippen LogP contribution in [0.15, 0.2) is 58.3 Å². The summed E-state index contributed by atoms with van der Waals surface area (Å²) < 4.78 is 28.4. The second kappa shape index (κ2) is 10.7. The van der Waals surface area contributed by atoms with Gasteiger partial charge in [-0.1, -0.05) is 32.0 Å². The first-order valence-electron chi connectivity index (χ1n) is 12.2. The van der Waals surface area contributed by atoms with Crippen molar-refractivity contribution in [1.29, 1.82) is 0 Å². The molecule has 7 nitrogen and oxygen atoms in total. The topological polar surface area (TPSA) is 78.0 Å². The molecule has 1 atom stereocenters. The number of anilines is 2. The van der Waals surface area contributed by atoms with Gasteiger partial charge in [-0.05, 0) is 56.0 Å². The van der Waals surface area contributed by atoms with Gasteiger partial charge >= 0.3 is 0 Å². The number of amides is 2. The van der Waals surface area contributed by atoms with E-state index in [0.29, 0.717) is 31.2 Å². The molecular formula is C26H33N3O4S2. The summed E-state index contributed by atoms with van der Waals surface area (Å²) in [4.78, 5) is 30.7. The Hall–Kier alpha value is -2.36. The third-order valence-electron chi connectivity index (χ3n) is 6.67. The molecule has 0 bridgehead atoms. The zero-order chi connectivity index (χ0) is 25.2. The molecule has 188 valence electrons. The molecule has 0 aromatic heterocycles. The number of rotatable bonds is 6. The first kappa shape index (κ1) is 25.7. The Labute approximate surface area is 212 Å². The van der Waals surface area contributed by atoms with Gasteiger partial charge in [0.15, 0.2) is 0 Å². The molecule has 2 aliphatic rings. The van der Waals surface area contributed by atoms with E-state index in [0.717, 1.165) is 23.4 Å². The van der Waals surface area contributed by atoms with Gasteiger partial charge in [-0.2, -0.15) is 4.31 Å². The average Bonchev–Trinajstić information content (AvgIpc) is 2.95. The van der Waals surface area contributed by atoms with Crippen LogP contribution in [0.1, 0.15) is 40.0 Å². The monoisotopic (exact) mass is 515 g/mol. The van der Waals surface area contributed by atoms with Gasteiger partial charge in [0, 0.05) is 41.9 Å². The lowest BCUT2D eigenvalue weighted by atomic mass is 10.0. The number of fused-ring (bicyclic) bond motifs is 1. The predicted molar refractivity (Wildman–Crippen MR) is 140 cm³/mol. The summed E-state index contributed by atoms with van der Waals surface area (Å²) in [5.41, 5.74) is 1.26. The smallest absolute Gasteiger partial charge is 0.247 e. The van der Waals surface area contributed by atoms with Gasteiger partial charge in [0.05, 0.1) is 10.6 Å². The summed E-state index contributed by atoms with van der Waals surface area (Å²) in [6.07, 6.45) is 1.95. The van der Waals surface area contributed by atoms with Gasteiger partial charge in [0.25, 0.3) is 0 Å². The van der Waals surface area contributed by atoms with Crippen molar-refractivity contribution >= 4 is 45.0 Å². The maximum atomic E-state index is 13.4. The van der Waals surface area contributed by atoms with Gasteiger partial charge < -0.3 is 9.80 Å². The van der Waals surface area contributed by atoms with Gasteiger partial charge in [-0.3, -0.25) is 9.59 Å². The maximum absolute atomic E-state index is 13.4. The molecule has 2 aromatic rings. The number of nitrogens with zero attached hydrogens (tertiary/aromatic N) is 3. The Morgan fingerprint density at radius 1 is 1.09 bits per heavy atom. The second-order valence-electron chi connectivity index (χ2n) is 9.30. The molecule has 0 aliphatic carbocycles. The molecule has 0 radical (unpaired) electrons.